The summed E-state index contributed by atoms with van der Waals surface area (Å²) in [6.07, 6.45) is 1.20. The fraction of sp³-hybridized carbons (Fsp3) is 0.500. The topological polar surface area (TPSA) is 84.4 Å². The molecule has 1 heterocycles. The number of nitrogens with two attached hydrogens (primary N) is 2. The molecule has 104 valence electrons. The van der Waals surface area contributed by atoms with E-state index in [0.29, 0.717) is 17.2 Å². The van der Waals surface area contributed by atoms with E-state index < -0.39 is 5.91 Å². The molecule has 1 amide bonds. The lowest BCUT2D eigenvalue weighted by atomic mass is 10.1. The van der Waals surface area contributed by atoms with Gasteiger partial charge >= 0.3 is 0 Å². The average molecular weight is 262 g/mol. The van der Waals surface area contributed by atoms with Crippen LogP contribution in [0, 0.1) is 5.92 Å². The molecule has 1 aromatic rings. The van der Waals surface area contributed by atoms with Gasteiger partial charge in [-0.15, -0.1) is 0 Å². The van der Waals surface area contributed by atoms with Crippen LogP contribution >= 0.6 is 0 Å². The number of nitrogens with zero attached hydrogens (tertiary/aromatic N) is 1. The van der Waals surface area contributed by atoms with Crippen molar-refractivity contribution in [3.05, 3.63) is 23.8 Å². The fourth-order valence-corrected chi connectivity index (χ4v) is 2.54. The lowest BCUT2D eigenvalue weighted by molar-refractivity contribution is 0.100. The third kappa shape index (κ3) is 3.38. The summed E-state index contributed by atoms with van der Waals surface area (Å²) in [6, 6.07) is 5.22. The van der Waals surface area contributed by atoms with Crippen LogP contribution in [-0.4, -0.2) is 37.0 Å². The van der Waals surface area contributed by atoms with Gasteiger partial charge in [-0.05, 0) is 43.6 Å². The number of amides is 1. The molecule has 1 atom stereocenters. The van der Waals surface area contributed by atoms with E-state index >= 15 is 0 Å². The Morgan fingerprint density at radius 2 is 2.32 bits per heavy atom. The van der Waals surface area contributed by atoms with Crippen LogP contribution in [0.1, 0.15) is 23.7 Å². The molecule has 0 radical (unpaired) electrons. The predicted molar refractivity (Wildman–Crippen MR) is 78.1 cm³/mol. The van der Waals surface area contributed by atoms with Gasteiger partial charge in [0, 0.05) is 24.5 Å². The van der Waals surface area contributed by atoms with E-state index in [1.54, 1.807) is 12.1 Å². The zero-order valence-electron chi connectivity index (χ0n) is 11.4. The normalized spacial score (nSPS) is 19.5. The van der Waals surface area contributed by atoms with Gasteiger partial charge < -0.3 is 21.7 Å². The van der Waals surface area contributed by atoms with Crippen LogP contribution in [0.3, 0.4) is 0 Å². The Morgan fingerprint density at radius 3 is 2.95 bits per heavy atom. The molecule has 1 aromatic carbocycles. The molecular weight excluding hydrogens is 240 g/mol. The number of carbonyl (C=O) groups excluding carboxylic acids is 1. The highest BCUT2D eigenvalue weighted by Gasteiger charge is 2.21. The zero-order valence-corrected chi connectivity index (χ0v) is 11.4. The molecule has 0 aliphatic carbocycles. The number of likely N-dealkylation sites (tertiary alicyclic amines) is 1. The minimum Gasteiger partial charge on any atom is -0.399 e. The highest BCUT2D eigenvalue weighted by Crippen LogP contribution is 2.21. The van der Waals surface area contributed by atoms with Gasteiger partial charge in [0.1, 0.15) is 0 Å². The van der Waals surface area contributed by atoms with Crippen molar-refractivity contribution in [2.45, 2.75) is 13.3 Å². The van der Waals surface area contributed by atoms with Crippen LogP contribution in [0.4, 0.5) is 11.4 Å². The highest BCUT2D eigenvalue weighted by atomic mass is 16.1. The number of rotatable bonds is 5. The summed E-state index contributed by atoms with van der Waals surface area (Å²) in [5.41, 5.74) is 12.8. The largest absolute Gasteiger partial charge is 0.399 e. The Hall–Kier alpha value is -1.75. The molecule has 5 N–H and O–H groups in total. The number of anilines is 2. The summed E-state index contributed by atoms with van der Waals surface area (Å²) in [7, 11) is 0. The predicted octanol–water partition coefficient (Wildman–Crippen LogP) is 1.12. The Bertz CT molecular complexity index is 461. The minimum absolute atomic E-state index is 0.448. The maximum Gasteiger partial charge on any atom is 0.250 e. The van der Waals surface area contributed by atoms with Gasteiger partial charge in [-0.2, -0.15) is 0 Å². The van der Waals surface area contributed by atoms with Gasteiger partial charge in [-0.3, -0.25) is 4.79 Å². The summed E-state index contributed by atoms with van der Waals surface area (Å²) in [6.45, 7) is 6.42. The first-order valence-corrected chi connectivity index (χ1v) is 6.75. The fourth-order valence-electron chi connectivity index (χ4n) is 2.54. The van der Waals surface area contributed by atoms with Crippen molar-refractivity contribution in [2.75, 3.05) is 37.2 Å². The van der Waals surface area contributed by atoms with E-state index in [1.807, 2.05) is 6.07 Å². The molecule has 1 saturated heterocycles. The van der Waals surface area contributed by atoms with Crippen LogP contribution in [-0.2, 0) is 0 Å². The minimum atomic E-state index is -0.448. The summed E-state index contributed by atoms with van der Waals surface area (Å²) in [5.74, 6) is 0.176. The summed E-state index contributed by atoms with van der Waals surface area (Å²) < 4.78 is 0. The van der Waals surface area contributed by atoms with Crippen LogP contribution in [0.15, 0.2) is 18.2 Å². The number of carbonyl (C=O) groups is 1. The van der Waals surface area contributed by atoms with Gasteiger partial charge in [0.05, 0.1) is 5.56 Å². The Labute approximate surface area is 113 Å². The number of hydrogen-bond donors (Lipinski definition) is 3. The third-order valence-corrected chi connectivity index (χ3v) is 3.71. The zero-order chi connectivity index (χ0) is 13.8. The summed E-state index contributed by atoms with van der Waals surface area (Å²) in [4.78, 5) is 13.8. The molecule has 0 saturated carbocycles. The van der Waals surface area contributed by atoms with Crippen molar-refractivity contribution >= 4 is 17.3 Å². The lowest BCUT2D eigenvalue weighted by Gasteiger charge is -2.16. The molecule has 1 aliphatic rings. The van der Waals surface area contributed by atoms with Gasteiger partial charge in [0.25, 0.3) is 5.91 Å². The van der Waals surface area contributed by atoms with Crippen LogP contribution in [0.2, 0.25) is 0 Å². The van der Waals surface area contributed by atoms with Gasteiger partial charge in [-0.25, -0.2) is 0 Å². The first-order chi connectivity index (χ1) is 9.10. The van der Waals surface area contributed by atoms with Gasteiger partial charge in [0.15, 0.2) is 0 Å². The molecule has 1 unspecified atom stereocenters. The second kappa shape index (κ2) is 5.93. The number of primary amides is 1. The standard InChI is InChI=1S/C14H22N4O/c1-2-18-6-5-10(9-18)8-17-13-4-3-11(15)7-12(13)14(16)19/h3-4,7,10,17H,2,5-6,8-9,15H2,1H3,(H2,16,19). The second-order valence-corrected chi connectivity index (χ2v) is 5.10. The number of benzene rings is 1. The molecule has 0 aromatic heterocycles. The van der Waals surface area contributed by atoms with Crippen LogP contribution in [0.25, 0.3) is 0 Å². The molecule has 2 rings (SSSR count). The monoisotopic (exact) mass is 262 g/mol. The highest BCUT2D eigenvalue weighted by molar-refractivity contribution is 5.99. The smallest absolute Gasteiger partial charge is 0.250 e. The molecular formula is C14H22N4O. The Balaban J connectivity index is 1.98. The van der Waals surface area contributed by atoms with Crippen molar-refractivity contribution in [1.29, 1.82) is 0 Å². The van der Waals surface area contributed by atoms with Crippen LogP contribution in [0.5, 0.6) is 0 Å². The van der Waals surface area contributed by atoms with Gasteiger partial charge in [-0.1, -0.05) is 6.92 Å². The molecule has 5 nitrogen and oxygen atoms in total. The first kappa shape index (κ1) is 13.7. The van der Waals surface area contributed by atoms with E-state index in [9.17, 15) is 4.79 Å². The van der Waals surface area contributed by atoms with E-state index in [-0.39, 0.29) is 0 Å². The molecule has 1 aliphatic heterocycles. The molecule has 0 bridgehead atoms. The van der Waals surface area contributed by atoms with E-state index in [1.165, 1.54) is 6.42 Å². The maximum atomic E-state index is 11.4. The van der Waals surface area contributed by atoms with Crippen LogP contribution < -0.4 is 16.8 Å². The van der Waals surface area contributed by atoms with Crippen molar-refractivity contribution in [3.8, 4) is 0 Å². The van der Waals surface area contributed by atoms with Crippen molar-refractivity contribution in [1.82, 2.24) is 4.90 Å². The summed E-state index contributed by atoms with van der Waals surface area (Å²) >= 11 is 0. The molecule has 0 spiro atoms. The van der Waals surface area contributed by atoms with Crippen molar-refractivity contribution in [3.63, 3.8) is 0 Å². The number of hydrogen-bond acceptors (Lipinski definition) is 4. The molecule has 19 heavy (non-hydrogen) atoms. The van der Waals surface area contributed by atoms with Crippen molar-refractivity contribution in [2.24, 2.45) is 11.7 Å². The van der Waals surface area contributed by atoms with E-state index in [0.717, 1.165) is 31.9 Å². The Morgan fingerprint density at radius 1 is 1.53 bits per heavy atom. The first-order valence-electron chi connectivity index (χ1n) is 6.75. The average Bonchev–Trinajstić information content (AvgIpc) is 2.85. The van der Waals surface area contributed by atoms with Crippen molar-refractivity contribution < 1.29 is 4.79 Å². The van der Waals surface area contributed by atoms with E-state index in [4.69, 9.17) is 11.5 Å². The SMILES string of the molecule is CCN1CCC(CNc2ccc(N)cc2C(N)=O)C1. The Kier molecular flexibility index (Phi) is 4.27. The second-order valence-electron chi connectivity index (χ2n) is 5.10. The quantitative estimate of drug-likeness (QED) is 0.694. The number of nitrogen functional groups attached to an aromatic ring is 1. The third-order valence-electron chi connectivity index (χ3n) is 3.71. The van der Waals surface area contributed by atoms with Gasteiger partial charge in [0.2, 0.25) is 0 Å². The summed E-state index contributed by atoms with van der Waals surface area (Å²) in [5, 5.41) is 3.33. The van der Waals surface area contributed by atoms with E-state index in [2.05, 4.69) is 17.1 Å². The number of nitrogens with one attached hydrogen (secondary N) is 1. The maximum absolute atomic E-state index is 11.4. The molecule has 5 heteroatoms. The molecule has 1 fully saturated rings. The lowest BCUT2D eigenvalue weighted by Crippen LogP contribution is -2.23.